The highest BCUT2D eigenvalue weighted by Crippen LogP contribution is 2.33. The second-order valence-electron chi connectivity index (χ2n) is 4.77. The second kappa shape index (κ2) is 8.70. The first-order chi connectivity index (χ1) is 9.81. The summed E-state index contributed by atoms with van der Waals surface area (Å²) in [6.45, 7) is 4.22. The Bertz CT molecular complexity index is 491. The normalized spacial score (nSPS) is 11.2. The van der Waals surface area contributed by atoms with Crippen molar-refractivity contribution in [1.82, 2.24) is 5.32 Å². The molecule has 0 aliphatic carbocycles. The van der Waals surface area contributed by atoms with Crippen LogP contribution in [0.4, 0.5) is 0 Å². The second-order valence-corrected chi connectivity index (χ2v) is 8.49. The van der Waals surface area contributed by atoms with Crippen LogP contribution in [0, 0.1) is 0 Å². The van der Waals surface area contributed by atoms with Gasteiger partial charge in [0.2, 0.25) is 5.91 Å². The van der Waals surface area contributed by atoms with Crippen molar-refractivity contribution in [1.29, 1.82) is 0 Å². The summed E-state index contributed by atoms with van der Waals surface area (Å²) in [5.41, 5.74) is 0. The van der Waals surface area contributed by atoms with Crippen LogP contribution in [0.1, 0.15) is 13.8 Å². The van der Waals surface area contributed by atoms with E-state index >= 15 is 0 Å². The molecule has 1 rings (SSSR count). The lowest BCUT2D eigenvalue weighted by atomic mass is 10.2. The lowest BCUT2D eigenvalue weighted by Gasteiger charge is -2.23. The van der Waals surface area contributed by atoms with Gasteiger partial charge in [-0.25, -0.2) is 0 Å². The average molecular weight is 392 g/mol. The third kappa shape index (κ3) is 7.24. The highest BCUT2D eigenvalue weighted by molar-refractivity contribution is 9.10. The zero-order valence-corrected chi connectivity index (χ0v) is 15.1. The molecule has 0 spiro atoms. The van der Waals surface area contributed by atoms with Crippen LogP contribution >= 0.6 is 39.5 Å². The summed E-state index contributed by atoms with van der Waals surface area (Å²) >= 11 is 6.17. The van der Waals surface area contributed by atoms with E-state index in [0.29, 0.717) is 12.3 Å². The van der Waals surface area contributed by atoms with E-state index in [9.17, 15) is 9.59 Å². The summed E-state index contributed by atoms with van der Waals surface area (Å²) in [6, 6.07) is 7.82. The summed E-state index contributed by atoms with van der Waals surface area (Å²) in [4.78, 5) is 23.6. The largest absolute Gasteiger partial charge is 0.481 e. The Hall–Kier alpha value is -0.660. The fourth-order valence-corrected chi connectivity index (χ4v) is 3.31. The van der Waals surface area contributed by atoms with Gasteiger partial charge in [-0.3, -0.25) is 9.59 Å². The molecule has 0 bridgehead atoms. The maximum absolute atomic E-state index is 12.2. The van der Waals surface area contributed by atoms with Gasteiger partial charge in [0.15, 0.2) is 0 Å². The van der Waals surface area contributed by atoms with E-state index < -0.39 is 10.7 Å². The number of halogens is 1. The van der Waals surface area contributed by atoms with Gasteiger partial charge in [-0.2, -0.15) is 0 Å². The zero-order valence-electron chi connectivity index (χ0n) is 11.9. The molecule has 2 N–H and O–H groups in total. The number of carboxylic acid groups (broad SMARTS) is 1. The number of nitrogens with one attached hydrogen (secondary N) is 1. The van der Waals surface area contributed by atoms with Gasteiger partial charge >= 0.3 is 5.97 Å². The highest BCUT2D eigenvalue weighted by atomic mass is 79.9. The van der Waals surface area contributed by atoms with Crippen LogP contribution in [0.15, 0.2) is 33.6 Å². The molecule has 1 amide bonds. The number of thioether (sulfide) groups is 2. The van der Waals surface area contributed by atoms with Crippen molar-refractivity contribution in [2.45, 2.75) is 23.5 Å². The first-order valence-electron chi connectivity index (χ1n) is 6.33. The minimum atomic E-state index is -0.836. The molecule has 0 saturated carbocycles. The maximum Gasteiger partial charge on any atom is 0.313 e. The standard InChI is InChI=1S/C14H18BrNO3S2/c1-14(2,21-11-5-3-10(15)4-6-11)13(19)16-7-8-20-9-12(17)18/h3-6H,7-9H2,1-2H3,(H,16,19)(H,17,18). The van der Waals surface area contributed by atoms with E-state index in [2.05, 4.69) is 21.2 Å². The van der Waals surface area contributed by atoms with E-state index in [0.717, 1.165) is 9.37 Å². The van der Waals surface area contributed by atoms with Crippen LogP contribution in [0.25, 0.3) is 0 Å². The molecule has 0 fully saturated rings. The predicted octanol–water partition coefficient (Wildman–Crippen LogP) is 3.25. The fraction of sp³-hybridized carbons (Fsp3) is 0.429. The van der Waals surface area contributed by atoms with E-state index in [-0.39, 0.29) is 11.7 Å². The van der Waals surface area contributed by atoms with Crippen molar-refractivity contribution in [3.63, 3.8) is 0 Å². The highest BCUT2D eigenvalue weighted by Gasteiger charge is 2.28. The quantitative estimate of drug-likeness (QED) is 0.525. The number of carbonyl (C=O) groups is 2. The van der Waals surface area contributed by atoms with Gasteiger partial charge in [0.05, 0.1) is 10.5 Å². The molecular weight excluding hydrogens is 374 g/mol. The topological polar surface area (TPSA) is 66.4 Å². The van der Waals surface area contributed by atoms with Crippen LogP contribution in [-0.2, 0) is 9.59 Å². The third-order valence-electron chi connectivity index (χ3n) is 2.49. The Balaban J connectivity index is 2.40. The van der Waals surface area contributed by atoms with E-state index in [1.165, 1.54) is 23.5 Å². The van der Waals surface area contributed by atoms with Crippen molar-refractivity contribution in [2.75, 3.05) is 18.1 Å². The van der Waals surface area contributed by atoms with Gasteiger partial charge < -0.3 is 10.4 Å². The molecule has 0 heterocycles. The predicted molar refractivity (Wildman–Crippen MR) is 92.0 cm³/mol. The van der Waals surface area contributed by atoms with Crippen molar-refractivity contribution in [3.8, 4) is 0 Å². The molecule has 0 aliphatic rings. The third-order valence-corrected chi connectivity index (χ3v) is 5.17. The summed E-state index contributed by atoms with van der Waals surface area (Å²) < 4.78 is 0.426. The number of hydrogen-bond donors (Lipinski definition) is 2. The molecule has 7 heteroatoms. The SMILES string of the molecule is CC(C)(Sc1ccc(Br)cc1)C(=O)NCCSCC(=O)O. The lowest BCUT2D eigenvalue weighted by Crippen LogP contribution is -2.40. The molecule has 4 nitrogen and oxygen atoms in total. The van der Waals surface area contributed by atoms with Gasteiger partial charge in [0.25, 0.3) is 0 Å². The van der Waals surface area contributed by atoms with Gasteiger partial charge in [0, 0.05) is 21.7 Å². The molecule has 0 unspecified atom stereocenters. The van der Waals surface area contributed by atoms with Gasteiger partial charge in [-0.15, -0.1) is 23.5 Å². The Morgan fingerprint density at radius 3 is 2.48 bits per heavy atom. The first-order valence-corrected chi connectivity index (χ1v) is 9.10. The number of hydrogen-bond acceptors (Lipinski definition) is 4. The van der Waals surface area contributed by atoms with Crippen molar-refractivity contribution in [2.24, 2.45) is 0 Å². The fourth-order valence-electron chi connectivity index (χ4n) is 1.45. The molecular formula is C14H18BrNO3S2. The van der Waals surface area contributed by atoms with Crippen LogP contribution in [0.3, 0.4) is 0 Å². The minimum absolute atomic E-state index is 0.0497. The number of amides is 1. The van der Waals surface area contributed by atoms with Gasteiger partial charge in [-0.1, -0.05) is 15.9 Å². The Morgan fingerprint density at radius 2 is 1.90 bits per heavy atom. The number of carbonyl (C=O) groups excluding carboxylic acids is 1. The summed E-state index contributed by atoms with van der Waals surface area (Å²) in [7, 11) is 0. The monoisotopic (exact) mass is 391 g/mol. The Kier molecular flexibility index (Phi) is 7.62. The molecule has 0 radical (unpaired) electrons. The van der Waals surface area contributed by atoms with Crippen molar-refractivity contribution < 1.29 is 14.7 Å². The smallest absolute Gasteiger partial charge is 0.313 e. The summed E-state index contributed by atoms with van der Waals surface area (Å²) in [5, 5.41) is 11.4. The molecule has 21 heavy (non-hydrogen) atoms. The average Bonchev–Trinajstić information content (AvgIpc) is 2.40. The minimum Gasteiger partial charge on any atom is -0.481 e. The molecule has 0 saturated heterocycles. The molecule has 0 aliphatic heterocycles. The van der Waals surface area contributed by atoms with Crippen molar-refractivity contribution >= 4 is 51.3 Å². The number of benzene rings is 1. The number of aliphatic carboxylic acids is 1. The maximum atomic E-state index is 12.2. The Morgan fingerprint density at radius 1 is 1.29 bits per heavy atom. The molecule has 0 aromatic heterocycles. The molecule has 1 aromatic rings. The number of rotatable bonds is 8. The van der Waals surface area contributed by atoms with Gasteiger partial charge in [0.1, 0.15) is 0 Å². The Labute approximate surface area is 141 Å². The number of carboxylic acids is 1. The summed E-state index contributed by atoms with van der Waals surface area (Å²) in [5.74, 6) is -0.229. The molecule has 0 atom stereocenters. The van der Waals surface area contributed by atoms with Gasteiger partial charge in [-0.05, 0) is 38.1 Å². The van der Waals surface area contributed by atoms with Crippen molar-refractivity contribution in [3.05, 3.63) is 28.7 Å². The van der Waals surface area contributed by atoms with E-state index in [4.69, 9.17) is 5.11 Å². The zero-order chi connectivity index (χ0) is 15.9. The molecule has 1 aromatic carbocycles. The van der Waals surface area contributed by atoms with Crippen LogP contribution in [0.5, 0.6) is 0 Å². The summed E-state index contributed by atoms with van der Waals surface area (Å²) in [6.07, 6.45) is 0. The van der Waals surface area contributed by atoms with E-state index in [1.807, 2.05) is 38.1 Å². The van der Waals surface area contributed by atoms with Crippen LogP contribution in [-0.4, -0.2) is 39.8 Å². The van der Waals surface area contributed by atoms with Crippen LogP contribution < -0.4 is 5.32 Å². The molecule has 116 valence electrons. The van der Waals surface area contributed by atoms with Crippen LogP contribution in [0.2, 0.25) is 0 Å². The lowest BCUT2D eigenvalue weighted by molar-refractivity contribution is -0.133. The van der Waals surface area contributed by atoms with E-state index in [1.54, 1.807) is 0 Å². The first kappa shape index (κ1) is 18.4.